The number of rotatable bonds is 4. The Bertz CT molecular complexity index is 156. The van der Waals surface area contributed by atoms with Gasteiger partial charge < -0.3 is 0 Å². The van der Waals surface area contributed by atoms with Gasteiger partial charge in [0.05, 0.1) is 0 Å². The number of hydrogen-bond acceptors (Lipinski definition) is 1. The average molecular weight is 154 g/mol. The maximum atomic E-state index is 11.1. The van der Waals surface area contributed by atoms with Crippen LogP contribution >= 0.6 is 0 Å². The lowest BCUT2D eigenvalue weighted by Gasteiger charge is -2.17. The highest BCUT2D eigenvalue weighted by Crippen LogP contribution is 2.19. The average Bonchev–Trinajstić information content (AvgIpc) is 1.81. The zero-order valence-corrected chi connectivity index (χ0v) is 7.98. The van der Waals surface area contributed by atoms with E-state index in [0.29, 0.717) is 5.92 Å². The van der Waals surface area contributed by atoms with Crippen LogP contribution in [-0.2, 0) is 4.79 Å². The minimum atomic E-state index is 0.174. The van der Waals surface area contributed by atoms with Gasteiger partial charge >= 0.3 is 0 Å². The van der Waals surface area contributed by atoms with E-state index in [1.807, 2.05) is 6.92 Å². The van der Waals surface area contributed by atoms with Crippen LogP contribution in [0.25, 0.3) is 0 Å². The van der Waals surface area contributed by atoms with E-state index in [2.05, 4.69) is 20.4 Å². The first-order chi connectivity index (χ1) is 4.95. The number of hydrogen-bond donors (Lipinski definition) is 0. The van der Waals surface area contributed by atoms with Crippen molar-refractivity contribution in [3.8, 4) is 0 Å². The van der Waals surface area contributed by atoms with Crippen LogP contribution < -0.4 is 0 Å². The third-order valence-electron chi connectivity index (χ3n) is 1.90. The van der Waals surface area contributed by atoms with E-state index in [9.17, 15) is 4.79 Å². The molecular formula is C10H18O. The third-order valence-corrected chi connectivity index (χ3v) is 1.90. The van der Waals surface area contributed by atoms with Gasteiger partial charge in [-0.05, 0) is 26.2 Å². The largest absolute Gasteiger partial charge is 0.300 e. The van der Waals surface area contributed by atoms with E-state index in [4.69, 9.17) is 0 Å². The summed E-state index contributed by atoms with van der Waals surface area (Å²) in [5.74, 6) is 0.889. The van der Waals surface area contributed by atoms with Gasteiger partial charge in [-0.25, -0.2) is 0 Å². The van der Waals surface area contributed by atoms with Crippen LogP contribution in [0.3, 0.4) is 0 Å². The summed E-state index contributed by atoms with van der Waals surface area (Å²) in [6.07, 6.45) is 0.840. The Morgan fingerprint density at radius 1 is 1.36 bits per heavy atom. The Hall–Kier alpha value is -0.590. The molecule has 0 heterocycles. The second-order valence-electron chi connectivity index (χ2n) is 3.62. The molecule has 0 aromatic rings. The van der Waals surface area contributed by atoms with Crippen LogP contribution in [0, 0.1) is 11.8 Å². The molecule has 64 valence electrons. The molecule has 0 aliphatic carbocycles. The fourth-order valence-corrected chi connectivity index (χ4v) is 1.22. The first-order valence-electron chi connectivity index (χ1n) is 4.10. The molecule has 1 nitrogen and oxygen atoms in total. The van der Waals surface area contributed by atoms with Gasteiger partial charge in [-0.15, -0.1) is 6.58 Å². The molecule has 0 rings (SSSR count). The number of Topliss-reactive ketones (excluding diaryl/α,β-unsaturated/α-hetero) is 1. The Morgan fingerprint density at radius 2 is 1.82 bits per heavy atom. The highest BCUT2D eigenvalue weighted by molar-refractivity contribution is 5.78. The van der Waals surface area contributed by atoms with Crippen molar-refractivity contribution in [2.24, 2.45) is 11.8 Å². The van der Waals surface area contributed by atoms with E-state index < -0.39 is 0 Å². The molecule has 0 fully saturated rings. The summed E-state index contributed by atoms with van der Waals surface area (Å²) >= 11 is 0. The van der Waals surface area contributed by atoms with Gasteiger partial charge in [0, 0.05) is 5.92 Å². The normalized spacial score (nSPS) is 13.2. The molecule has 1 atom stereocenters. The van der Waals surface area contributed by atoms with Crippen LogP contribution in [-0.4, -0.2) is 5.78 Å². The second-order valence-corrected chi connectivity index (χ2v) is 3.62. The van der Waals surface area contributed by atoms with Gasteiger partial charge in [-0.3, -0.25) is 4.79 Å². The Labute approximate surface area is 69.5 Å². The van der Waals surface area contributed by atoms with E-state index in [1.165, 1.54) is 0 Å². The number of carbonyl (C=O) groups excluding carboxylic acids is 1. The molecule has 0 saturated heterocycles. The summed E-state index contributed by atoms with van der Waals surface area (Å²) in [4.78, 5) is 11.1. The van der Waals surface area contributed by atoms with E-state index >= 15 is 0 Å². The summed E-state index contributed by atoms with van der Waals surface area (Å²) in [7, 11) is 0. The van der Waals surface area contributed by atoms with Crippen LogP contribution in [0.4, 0.5) is 0 Å². The van der Waals surface area contributed by atoms with E-state index in [1.54, 1.807) is 6.92 Å². The molecule has 0 spiro atoms. The summed E-state index contributed by atoms with van der Waals surface area (Å²) < 4.78 is 0. The van der Waals surface area contributed by atoms with Crippen molar-refractivity contribution in [3.05, 3.63) is 12.2 Å². The molecule has 1 unspecified atom stereocenters. The van der Waals surface area contributed by atoms with Crippen molar-refractivity contribution in [3.63, 3.8) is 0 Å². The zero-order valence-electron chi connectivity index (χ0n) is 7.98. The Balaban J connectivity index is 4.12. The predicted octanol–water partition coefficient (Wildman–Crippen LogP) is 2.81. The molecular weight excluding hydrogens is 136 g/mol. The topological polar surface area (TPSA) is 17.1 Å². The molecule has 0 aromatic carbocycles. The van der Waals surface area contributed by atoms with Crippen molar-refractivity contribution in [2.45, 2.75) is 34.1 Å². The molecule has 0 saturated carbocycles. The molecule has 0 bridgehead atoms. The van der Waals surface area contributed by atoms with Gasteiger partial charge in [-0.1, -0.05) is 19.4 Å². The van der Waals surface area contributed by atoms with Gasteiger partial charge in [0.2, 0.25) is 0 Å². The summed E-state index contributed by atoms with van der Waals surface area (Å²) in [5.41, 5.74) is 1.10. The van der Waals surface area contributed by atoms with Crippen LogP contribution in [0.1, 0.15) is 34.1 Å². The highest BCUT2D eigenvalue weighted by atomic mass is 16.1. The molecule has 0 aliphatic heterocycles. The molecule has 0 aromatic heterocycles. The maximum Gasteiger partial charge on any atom is 0.133 e. The maximum absolute atomic E-state index is 11.1. The van der Waals surface area contributed by atoms with Gasteiger partial charge in [0.1, 0.15) is 5.78 Å². The summed E-state index contributed by atoms with van der Waals surface area (Å²) in [6, 6.07) is 0. The Kier molecular flexibility index (Phi) is 4.09. The van der Waals surface area contributed by atoms with Crippen molar-refractivity contribution >= 4 is 5.78 Å². The van der Waals surface area contributed by atoms with Crippen molar-refractivity contribution in [2.75, 3.05) is 0 Å². The molecule has 11 heavy (non-hydrogen) atoms. The van der Waals surface area contributed by atoms with Gasteiger partial charge in [0.25, 0.3) is 0 Å². The predicted molar refractivity (Wildman–Crippen MR) is 48.4 cm³/mol. The lowest BCUT2D eigenvalue weighted by molar-refractivity contribution is -0.121. The molecule has 0 amide bonds. The standard InChI is InChI=1S/C10H18O/c1-7(2)6-10(8(3)4)9(5)11/h8,10H,1,6H2,2-5H3. The molecule has 1 heteroatoms. The third kappa shape index (κ3) is 3.97. The molecule has 0 radical (unpaired) electrons. The van der Waals surface area contributed by atoms with Crippen LogP contribution in [0.5, 0.6) is 0 Å². The molecule has 0 aliphatic rings. The first kappa shape index (κ1) is 10.4. The smallest absolute Gasteiger partial charge is 0.133 e. The minimum Gasteiger partial charge on any atom is -0.300 e. The monoisotopic (exact) mass is 154 g/mol. The summed E-state index contributed by atoms with van der Waals surface area (Å²) in [5, 5.41) is 0. The first-order valence-corrected chi connectivity index (χ1v) is 4.10. The zero-order chi connectivity index (χ0) is 9.02. The number of allylic oxidation sites excluding steroid dienone is 1. The second kappa shape index (κ2) is 4.32. The molecule has 0 N–H and O–H groups in total. The van der Waals surface area contributed by atoms with Crippen LogP contribution in [0.2, 0.25) is 0 Å². The minimum absolute atomic E-state index is 0.174. The number of ketones is 1. The Morgan fingerprint density at radius 3 is 1.91 bits per heavy atom. The van der Waals surface area contributed by atoms with Crippen LogP contribution in [0.15, 0.2) is 12.2 Å². The lowest BCUT2D eigenvalue weighted by atomic mass is 9.87. The van der Waals surface area contributed by atoms with Crippen molar-refractivity contribution in [1.29, 1.82) is 0 Å². The van der Waals surface area contributed by atoms with Gasteiger partial charge in [-0.2, -0.15) is 0 Å². The quantitative estimate of drug-likeness (QED) is 0.569. The van der Waals surface area contributed by atoms with E-state index in [-0.39, 0.29) is 11.7 Å². The van der Waals surface area contributed by atoms with Gasteiger partial charge in [0.15, 0.2) is 0 Å². The fraction of sp³-hybridized carbons (Fsp3) is 0.700. The van der Waals surface area contributed by atoms with Crippen molar-refractivity contribution in [1.82, 2.24) is 0 Å². The van der Waals surface area contributed by atoms with Crippen molar-refractivity contribution < 1.29 is 4.79 Å². The SMILES string of the molecule is C=C(C)CC(C(C)=O)C(C)C. The highest BCUT2D eigenvalue weighted by Gasteiger charge is 2.17. The summed E-state index contributed by atoms with van der Waals surface area (Å²) in [6.45, 7) is 11.6. The lowest BCUT2D eigenvalue weighted by Crippen LogP contribution is -2.17. The fourth-order valence-electron chi connectivity index (χ4n) is 1.22. The van der Waals surface area contributed by atoms with E-state index in [0.717, 1.165) is 12.0 Å². The number of carbonyl (C=O) groups is 1.